The molecule has 3 aromatic rings. The van der Waals surface area contributed by atoms with Gasteiger partial charge in [0.05, 0.1) is 15.6 Å². The van der Waals surface area contributed by atoms with Crippen LogP contribution in [0.15, 0.2) is 77.7 Å². The zero-order valence-electron chi connectivity index (χ0n) is 20.1. The third kappa shape index (κ3) is 6.19. The average molecular weight is 548 g/mol. The molecule has 36 heavy (non-hydrogen) atoms. The van der Waals surface area contributed by atoms with Crippen LogP contribution in [0.4, 0.5) is 5.69 Å². The Bertz CT molecular complexity index is 1350. The van der Waals surface area contributed by atoms with E-state index in [-0.39, 0.29) is 33.1 Å². The van der Waals surface area contributed by atoms with E-state index in [0.717, 1.165) is 15.4 Å². The molecule has 1 N–H and O–H groups in total. The summed E-state index contributed by atoms with van der Waals surface area (Å²) in [5.74, 6) is -0.958. The normalized spacial score (nSPS) is 12.0. The van der Waals surface area contributed by atoms with E-state index in [1.54, 1.807) is 25.1 Å². The molecule has 0 bridgehead atoms. The van der Waals surface area contributed by atoms with Crippen LogP contribution in [0, 0.1) is 6.92 Å². The van der Waals surface area contributed by atoms with Crippen LogP contribution in [-0.2, 0) is 26.2 Å². The molecule has 0 aliphatic rings. The molecular weight excluding hydrogens is 521 g/mol. The van der Waals surface area contributed by atoms with Crippen LogP contribution in [0.1, 0.15) is 18.1 Å². The second-order valence-electron chi connectivity index (χ2n) is 8.16. The van der Waals surface area contributed by atoms with Gasteiger partial charge in [0.25, 0.3) is 10.0 Å². The highest BCUT2D eigenvalue weighted by molar-refractivity contribution is 7.92. The quantitative estimate of drug-likeness (QED) is 0.422. The summed E-state index contributed by atoms with van der Waals surface area (Å²) in [5, 5.41) is 2.92. The minimum Gasteiger partial charge on any atom is -0.357 e. The molecule has 1 atom stereocenters. The highest BCUT2D eigenvalue weighted by Gasteiger charge is 2.33. The third-order valence-electron chi connectivity index (χ3n) is 5.80. The van der Waals surface area contributed by atoms with E-state index in [9.17, 15) is 18.0 Å². The lowest BCUT2D eigenvalue weighted by molar-refractivity contribution is -0.139. The standard InChI is InChI=1S/C26H27Cl2N3O4S/c1-18-9-7-8-10-20(18)16-30(19(2)26(33)29-3)25(32)17-31(24-15-21(27)13-14-23(24)28)36(34,35)22-11-5-4-6-12-22/h4-15,19H,16-17H2,1-3H3,(H,29,33)/t19-/m0/s1. The smallest absolute Gasteiger partial charge is 0.264 e. The number of benzene rings is 3. The summed E-state index contributed by atoms with van der Waals surface area (Å²) >= 11 is 12.5. The number of anilines is 1. The lowest BCUT2D eigenvalue weighted by Crippen LogP contribution is -2.50. The molecule has 3 rings (SSSR count). The number of hydrogen-bond acceptors (Lipinski definition) is 4. The summed E-state index contributed by atoms with van der Waals surface area (Å²) < 4.78 is 28.3. The maximum Gasteiger partial charge on any atom is 0.264 e. The summed E-state index contributed by atoms with van der Waals surface area (Å²) in [6, 6.07) is 18.7. The number of carbonyl (C=O) groups excluding carboxylic acids is 2. The molecule has 10 heteroatoms. The van der Waals surface area contributed by atoms with E-state index in [1.807, 2.05) is 31.2 Å². The van der Waals surface area contributed by atoms with Gasteiger partial charge in [0, 0.05) is 18.6 Å². The van der Waals surface area contributed by atoms with Crippen LogP contribution < -0.4 is 9.62 Å². The molecular formula is C26H27Cl2N3O4S. The van der Waals surface area contributed by atoms with Crippen LogP contribution in [0.5, 0.6) is 0 Å². The molecule has 2 amide bonds. The largest absolute Gasteiger partial charge is 0.357 e. The fourth-order valence-corrected chi connectivity index (χ4v) is 5.55. The average Bonchev–Trinajstić information content (AvgIpc) is 2.87. The van der Waals surface area contributed by atoms with E-state index < -0.39 is 28.5 Å². The Morgan fingerprint density at radius 3 is 2.25 bits per heavy atom. The summed E-state index contributed by atoms with van der Waals surface area (Å²) in [6.45, 7) is 3.02. The molecule has 0 aromatic heterocycles. The highest BCUT2D eigenvalue weighted by Crippen LogP contribution is 2.33. The number of carbonyl (C=O) groups is 2. The number of halogens is 2. The van der Waals surface area contributed by atoms with Crippen molar-refractivity contribution >= 4 is 50.7 Å². The molecule has 0 radical (unpaired) electrons. The first kappa shape index (κ1) is 27.5. The summed E-state index contributed by atoms with van der Waals surface area (Å²) in [5.41, 5.74) is 1.83. The van der Waals surface area contributed by atoms with Crippen LogP contribution in [0.3, 0.4) is 0 Å². The van der Waals surface area contributed by atoms with Gasteiger partial charge in [-0.05, 0) is 55.3 Å². The van der Waals surface area contributed by atoms with Gasteiger partial charge in [0.2, 0.25) is 11.8 Å². The summed E-state index contributed by atoms with van der Waals surface area (Å²) in [4.78, 5) is 27.6. The van der Waals surface area contributed by atoms with Gasteiger partial charge in [0.1, 0.15) is 12.6 Å². The van der Waals surface area contributed by atoms with Crippen molar-refractivity contribution in [3.8, 4) is 0 Å². The first-order valence-corrected chi connectivity index (χ1v) is 13.3. The molecule has 0 unspecified atom stereocenters. The molecule has 3 aromatic carbocycles. The van der Waals surface area contributed by atoms with Crippen molar-refractivity contribution in [1.29, 1.82) is 0 Å². The van der Waals surface area contributed by atoms with E-state index in [0.29, 0.717) is 0 Å². The van der Waals surface area contributed by atoms with Crippen molar-refractivity contribution in [3.05, 3.63) is 94.0 Å². The van der Waals surface area contributed by atoms with Crippen LogP contribution >= 0.6 is 23.2 Å². The second-order valence-corrected chi connectivity index (χ2v) is 10.9. The second kappa shape index (κ2) is 11.8. The zero-order valence-corrected chi connectivity index (χ0v) is 22.4. The number of nitrogens with one attached hydrogen (secondary N) is 1. The Labute approximate surface area is 221 Å². The Balaban J connectivity index is 2.08. The number of amides is 2. The number of aryl methyl sites for hydroxylation is 1. The van der Waals surface area contributed by atoms with Gasteiger partial charge in [-0.2, -0.15) is 0 Å². The molecule has 0 spiro atoms. The van der Waals surface area contributed by atoms with Crippen molar-refractivity contribution in [1.82, 2.24) is 10.2 Å². The van der Waals surface area contributed by atoms with Gasteiger partial charge >= 0.3 is 0 Å². The van der Waals surface area contributed by atoms with E-state index in [1.165, 1.54) is 42.3 Å². The molecule has 190 valence electrons. The van der Waals surface area contributed by atoms with Gasteiger partial charge in [-0.15, -0.1) is 0 Å². The molecule has 0 fully saturated rings. The van der Waals surface area contributed by atoms with Gasteiger partial charge < -0.3 is 10.2 Å². The minimum atomic E-state index is -4.21. The van der Waals surface area contributed by atoms with E-state index in [2.05, 4.69) is 5.32 Å². The predicted octanol–water partition coefficient (Wildman–Crippen LogP) is 4.66. The molecule has 0 aliphatic heterocycles. The van der Waals surface area contributed by atoms with Gasteiger partial charge in [-0.3, -0.25) is 13.9 Å². The Morgan fingerprint density at radius 1 is 0.972 bits per heavy atom. The monoisotopic (exact) mass is 547 g/mol. The summed E-state index contributed by atoms with van der Waals surface area (Å²) in [6.07, 6.45) is 0. The van der Waals surface area contributed by atoms with Crippen molar-refractivity contribution < 1.29 is 18.0 Å². The number of hydrogen-bond donors (Lipinski definition) is 1. The van der Waals surface area contributed by atoms with Crippen molar-refractivity contribution in [2.45, 2.75) is 31.3 Å². The number of sulfonamides is 1. The fourth-order valence-electron chi connectivity index (χ4n) is 3.67. The number of nitrogens with zero attached hydrogens (tertiary/aromatic N) is 2. The first-order valence-electron chi connectivity index (χ1n) is 11.1. The predicted molar refractivity (Wildman–Crippen MR) is 143 cm³/mol. The third-order valence-corrected chi connectivity index (χ3v) is 8.13. The minimum absolute atomic E-state index is 0.0151. The van der Waals surface area contributed by atoms with Crippen LogP contribution in [0.2, 0.25) is 10.0 Å². The lowest BCUT2D eigenvalue weighted by atomic mass is 10.1. The molecule has 0 aliphatic carbocycles. The molecule has 0 saturated carbocycles. The van der Waals surface area contributed by atoms with Crippen molar-refractivity contribution in [2.75, 3.05) is 17.9 Å². The first-order chi connectivity index (χ1) is 17.1. The number of rotatable bonds is 9. The molecule has 0 saturated heterocycles. The summed E-state index contributed by atoms with van der Waals surface area (Å²) in [7, 11) is -2.73. The topological polar surface area (TPSA) is 86.8 Å². The van der Waals surface area contributed by atoms with Crippen LogP contribution in [-0.4, -0.2) is 44.8 Å². The maximum atomic E-state index is 13.7. The SMILES string of the molecule is CNC(=O)[C@H](C)N(Cc1ccccc1C)C(=O)CN(c1cc(Cl)ccc1Cl)S(=O)(=O)c1ccccc1. The molecule has 0 heterocycles. The number of likely N-dealkylation sites (N-methyl/N-ethyl adjacent to an activating group) is 1. The molecule has 7 nitrogen and oxygen atoms in total. The van der Waals surface area contributed by atoms with Gasteiger partial charge in [-0.25, -0.2) is 8.42 Å². The fraction of sp³-hybridized carbons (Fsp3) is 0.231. The van der Waals surface area contributed by atoms with Crippen LogP contribution in [0.25, 0.3) is 0 Å². The Kier molecular flexibility index (Phi) is 9.00. The van der Waals surface area contributed by atoms with Crippen molar-refractivity contribution in [2.24, 2.45) is 0 Å². The van der Waals surface area contributed by atoms with E-state index >= 15 is 0 Å². The zero-order chi connectivity index (χ0) is 26.5. The highest BCUT2D eigenvalue weighted by atomic mass is 35.5. The lowest BCUT2D eigenvalue weighted by Gasteiger charge is -2.32. The van der Waals surface area contributed by atoms with E-state index in [4.69, 9.17) is 23.2 Å². The maximum absolute atomic E-state index is 13.7. The van der Waals surface area contributed by atoms with Gasteiger partial charge in [-0.1, -0.05) is 65.7 Å². The Hall–Kier alpha value is -3.07. The Morgan fingerprint density at radius 2 is 1.61 bits per heavy atom. The van der Waals surface area contributed by atoms with Crippen molar-refractivity contribution in [3.63, 3.8) is 0 Å². The van der Waals surface area contributed by atoms with Gasteiger partial charge in [0.15, 0.2) is 0 Å².